The summed E-state index contributed by atoms with van der Waals surface area (Å²) < 4.78 is 14.8. The van der Waals surface area contributed by atoms with Gasteiger partial charge in [-0.15, -0.1) is 34.9 Å². The number of halogens is 1. The van der Waals surface area contributed by atoms with Crippen LogP contribution in [0, 0.1) is 44.0 Å². The third-order valence-electron chi connectivity index (χ3n) is 3.57. The monoisotopic (exact) mass is 498 g/mol. The Kier molecular flexibility index (Phi) is 5.28. The van der Waals surface area contributed by atoms with Crippen LogP contribution in [0.5, 0.6) is 0 Å². The first-order valence-corrected chi connectivity index (χ1v) is 7.12. The van der Waals surface area contributed by atoms with Crippen LogP contribution in [0.3, 0.4) is 0 Å². The predicted molar refractivity (Wildman–Crippen MR) is 84.5 cm³/mol. The molecule has 0 unspecified atom stereocenters. The molecule has 1 radical (unpaired) electrons. The van der Waals surface area contributed by atoms with Gasteiger partial charge in [0.05, 0.1) is 11.5 Å². The molecular formula is C18H14FIrN4-. The molecule has 6 heteroatoms. The van der Waals surface area contributed by atoms with Crippen LogP contribution in [0.25, 0.3) is 17.1 Å². The summed E-state index contributed by atoms with van der Waals surface area (Å²) in [5, 5.41) is 13.4. The molecule has 0 bridgehead atoms. The molecule has 0 atom stereocenters. The molecule has 0 aliphatic heterocycles. The Labute approximate surface area is 153 Å². The van der Waals surface area contributed by atoms with Crippen molar-refractivity contribution in [2.45, 2.75) is 20.8 Å². The first-order valence-electron chi connectivity index (χ1n) is 7.12. The molecule has 2 aromatic carbocycles. The Morgan fingerprint density at radius 3 is 2.38 bits per heavy atom. The van der Waals surface area contributed by atoms with E-state index in [1.807, 2.05) is 39.0 Å². The average Bonchev–Trinajstić information content (AvgIpc) is 2.91. The zero-order valence-corrected chi connectivity index (χ0v) is 15.8. The van der Waals surface area contributed by atoms with Crippen LogP contribution < -0.4 is 0 Å². The zero-order chi connectivity index (χ0) is 16.6. The van der Waals surface area contributed by atoms with Crippen molar-refractivity contribution >= 4 is 0 Å². The molecule has 0 aliphatic carbocycles. The van der Waals surface area contributed by atoms with Crippen molar-refractivity contribution in [1.82, 2.24) is 14.8 Å². The standard InChI is InChI=1S/C18H14FN4.Ir/c1-11-8-12(2)17(13(3)9-11)23-18(21-16(10-20)22-23)14-4-6-15(19)7-5-14;/h4,6-9H,1-3H3;/q-1;. The minimum Gasteiger partial charge on any atom is -0.265 e. The van der Waals surface area contributed by atoms with Crippen LogP contribution in [0.2, 0.25) is 0 Å². The molecule has 0 aliphatic rings. The smallest absolute Gasteiger partial charge is 0.243 e. The van der Waals surface area contributed by atoms with E-state index >= 15 is 0 Å². The predicted octanol–water partition coefficient (Wildman–Crippen LogP) is 3.67. The summed E-state index contributed by atoms with van der Waals surface area (Å²) in [6, 6.07) is 13.1. The Balaban J connectivity index is 0.00000208. The maximum atomic E-state index is 13.1. The normalized spacial score (nSPS) is 10.1. The van der Waals surface area contributed by atoms with Gasteiger partial charge in [-0.3, -0.25) is 9.07 Å². The van der Waals surface area contributed by atoms with E-state index in [4.69, 9.17) is 5.26 Å². The molecule has 0 amide bonds. The van der Waals surface area contributed by atoms with Crippen molar-refractivity contribution in [1.29, 1.82) is 5.26 Å². The second-order valence-electron chi connectivity index (χ2n) is 5.45. The van der Waals surface area contributed by atoms with E-state index < -0.39 is 0 Å². The van der Waals surface area contributed by atoms with Gasteiger partial charge in [-0.1, -0.05) is 17.7 Å². The van der Waals surface area contributed by atoms with E-state index in [9.17, 15) is 4.39 Å². The second-order valence-corrected chi connectivity index (χ2v) is 5.45. The zero-order valence-electron chi connectivity index (χ0n) is 13.4. The maximum Gasteiger partial charge on any atom is 0.243 e. The number of aromatic nitrogens is 3. The van der Waals surface area contributed by atoms with Crippen LogP contribution in [0.1, 0.15) is 22.5 Å². The summed E-state index contributed by atoms with van der Waals surface area (Å²) in [4.78, 5) is 4.25. The Hall–Kier alpha value is -2.35. The molecule has 123 valence electrons. The quantitative estimate of drug-likeness (QED) is 0.508. The molecule has 4 nitrogen and oxygen atoms in total. The molecule has 0 N–H and O–H groups in total. The van der Waals surface area contributed by atoms with Gasteiger partial charge < -0.3 is 0 Å². The summed E-state index contributed by atoms with van der Waals surface area (Å²) in [6.45, 7) is 6.00. The van der Waals surface area contributed by atoms with Gasteiger partial charge in [-0.2, -0.15) is 5.26 Å². The molecule has 1 aromatic heterocycles. The Bertz CT molecular complexity index is 900. The Morgan fingerprint density at radius 1 is 1.17 bits per heavy atom. The van der Waals surface area contributed by atoms with Crippen LogP contribution in [-0.4, -0.2) is 14.8 Å². The van der Waals surface area contributed by atoms with Gasteiger partial charge in [0.2, 0.25) is 5.82 Å². The number of nitrogens with zero attached hydrogens (tertiary/aromatic N) is 4. The number of aryl methyl sites for hydroxylation is 3. The second kappa shape index (κ2) is 7.04. The minimum absolute atomic E-state index is 0. The molecule has 24 heavy (non-hydrogen) atoms. The maximum absolute atomic E-state index is 13.1. The molecule has 3 rings (SSSR count). The van der Waals surface area contributed by atoms with Crippen LogP contribution >= 0.6 is 0 Å². The first kappa shape index (κ1) is 18.0. The van der Waals surface area contributed by atoms with Crippen molar-refractivity contribution in [3.63, 3.8) is 0 Å². The van der Waals surface area contributed by atoms with Gasteiger partial charge in [0.15, 0.2) is 0 Å². The largest absolute Gasteiger partial charge is 0.265 e. The van der Waals surface area contributed by atoms with Gasteiger partial charge in [-0.05, 0) is 31.9 Å². The summed E-state index contributed by atoms with van der Waals surface area (Å²) in [5.74, 6) is 0.164. The molecular weight excluding hydrogens is 483 g/mol. The van der Waals surface area contributed by atoms with Crippen molar-refractivity contribution < 1.29 is 24.5 Å². The molecule has 0 saturated carbocycles. The molecule has 1 heterocycles. The molecule has 0 spiro atoms. The molecule has 0 saturated heterocycles. The minimum atomic E-state index is -0.372. The van der Waals surface area contributed by atoms with Crippen molar-refractivity contribution in [2.24, 2.45) is 0 Å². The summed E-state index contributed by atoms with van der Waals surface area (Å²) in [5.41, 5.74) is 4.66. The third-order valence-corrected chi connectivity index (χ3v) is 3.57. The van der Waals surface area contributed by atoms with Crippen molar-refractivity contribution in [3.8, 4) is 23.1 Å². The van der Waals surface area contributed by atoms with Crippen molar-refractivity contribution in [3.05, 3.63) is 64.7 Å². The summed E-state index contributed by atoms with van der Waals surface area (Å²) in [6.07, 6.45) is 0. The van der Waals surface area contributed by atoms with Gasteiger partial charge in [0, 0.05) is 25.9 Å². The molecule has 0 fully saturated rings. The fraction of sp³-hybridized carbons (Fsp3) is 0.167. The van der Waals surface area contributed by atoms with Gasteiger partial charge in [-0.25, -0.2) is 4.98 Å². The van der Waals surface area contributed by atoms with Gasteiger partial charge in [0.25, 0.3) is 0 Å². The summed E-state index contributed by atoms with van der Waals surface area (Å²) in [7, 11) is 0. The molecule has 3 aromatic rings. The van der Waals surface area contributed by atoms with E-state index in [1.54, 1.807) is 10.7 Å². The third kappa shape index (κ3) is 3.28. The van der Waals surface area contributed by atoms with Crippen LogP contribution in [-0.2, 0) is 20.1 Å². The van der Waals surface area contributed by atoms with Crippen molar-refractivity contribution in [2.75, 3.05) is 0 Å². The topological polar surface area (TPSA) is 54.5 Å². The number of nitriles is 1. The summed E-state index contributed by atoms with van der Waals surface area (Å²) >= 11 is 0. The fourth-order valence-corrected chi connectivity index (χ4v) is 2.74. The van der Waals surface area contributed by atoms with Crippen LogP contribution in [0.15, 0.2) is 30.3 Å². The van der Waals surface area contributed by atoms with E-state index in [-0.39, 0.29) is 31.7 Å². The number of hydrogen-bond acceptors (Lipinski definition) is 3. The van der Waals surface area contributed by atoms with Crippen LogP contribution in [0.4, 0.5) is 4.39 Å². The van der Waals surface area contributed by atoms with Gasteiger partial charge in [0.1, 0.15) is 6.07 Å². The van der Waals surface area contributed by atoms with E-state index in [1.165, 1.54) is 12.1 Å². The van der Waals surface area contributed by atoms with Gasteiger partial charge >= 0.3 is 0 Å². The van der Waals surface area contributed by atoms with E-state index in [0.29, 0.717) is 11.4 Å². The Morgan fingerprint density at radius 2 is 1.83 bits per heavy atom. The number of hydrogen-bond donors (Lipinski definition) is 0. The fourth-order valence-electron chi connectivity index (χ4n) is 2.74. The van der Waals surface area contributed by atoms with E-state index in [2.05, 4.69) is 16.1 Å². The first-order chi connectivity index (χ1) is 11.0. The average molecular weight is 498 g/mol. The number of benzene rings is 2. The number of rotatable bonds is 2. The van der Waals surface area contributed by atoms with E-state index in [0.717, 1.165) is 22.4 Å². The SMILES string of the molecule is Cc1cc(C)c(-n2nc(C#N)nc2-c2[c-]cc(F)cc2)c(C)c1.[Ir].